The molecule has 2 fully saturated rings. The summed E-state index contributed by atoms with van der Waals surface area (Å²) in [6, 6.07) is 0.473. The van der Waals surface area contributed by atoms with Gasteiger partial charge in [0.15, 0.2) is 0 Å². The van der Waals surface area contributed by atoms with Crippen LogP contribution in [0.3, 0.4) is 0 Å². The minimum Gasteiger partial charge on any atom is -0.487 e. The van der Waals surface area contributed by atoms with Crippen molar-refractivity contribution in [3.8, 4) is 0 Å². The third kappa shape index (κ3) is 1.49. The van der Waals surface area contributed by atoms with Crippen molar-refractivity contribution in [1.82, 2.24) is 4.90 Å². The highest BCUT2D eigenvalue weighted by atomic mass is 16.5. The third-order valence-corrected chi connectivity index (χ3v) is 7.17. The van der Waals surface area contributed by atoms with E-state index < -0.39 is 11.7 Å². The number of rotatable bonds is 1. The molecule has 0 aromatic heterocycles. The maximum absolute atomic E-state index is 11.1. The minimum absolute atomic E-state index is 0.145. The van der Waals surface area contributed by atoms with Crippen LogP contribution in [0.5, 0.6) is 0 Å². The fraction of sp³-hybridized carbons (Fsp3) is 0.684. The lowest BCUT2D eigenvalue weighted by atomic mass is 9.51. The lowest BCUT2D eigenvalue weighted by Crippen LogP contribution is -2.62. The van der Waals surface area contributed by atoms with Gasteiger partial charge in [0.1, 0.15) is 23.6 Å². The molecule has 2 aliphatic heterocycles. The monoisotopic (exact) mass is 315 g/mol. The molecule has 2 heterocycles. The van der Waals surface area contributed by atoms with Gasteiger partial charge in [-0.1, -0.05) is 25.2 Å². The highest BCUT2D eigenvalue weighted by Gasteiger charge is 2.67. The van der Waals surface area contributed by atoms with Gasteiger partial charge in [-0.15, -0.1) is 0 Å². The second-order valence-corrected chi connectivity index (χ2v) is 8.00. The number of likely N-dealkylation sites (tertiary alicyclic amines) is 1. The van der Waals surface area contributed by atoms with E-state index in [0.717, 1.165) is 25.1 Å². The van der Waals surface area contributed by atoms with E-state index in [1.165, 1.54) is 11.1 Å². The van der Waals surface area contributed by atoms with Crippen LogP contribution in [0, 0.1) is 11.3 Å². The molecule has 5 rings (SSSR count). The summed E-state index contributed by atoms with van der Waals surface area (Å²) in [4.78, 5) is 2.46. The first-order valence-corrected chi connectivity index (χ1v) is 8.91. The van der Waals surface area contributed by atoms with Crippen LogP contribution in [0.25, 0.3) is 0 Å². The van der Waals surface area contributed by atoms with Crippen LogP contribution in [-0.2, 0) is 4.74 Å². The molecule has 2 bridgehead atoms. The molecular weight excluding hydrogens is 290 g/mol. The summed E-state index contributed by atoms with van der Waals surface area (Å²) < 4.78 is 6.35. The van der Waals surface area contributed by atoms with Crippen molar-refractivity contribution < 1.29 is 14.9 Å². The molecule has 0 radical (unpaired) electrons. The summed E-state index contributed by atoms with van der Waals surface area (Å²) in [6.07, 6.45) is 8.85. The Balaban J connectivity index is 1.76. The van der Waals surface area contributed by atoms with Gasteiger partial charge in [0.05, 0.1) is 0 Å². The smallest absolute Gasteiger partial charge is 0.138 e. The van der Waals surface area contributed by atoms with Gasteiger partial charge in [-0.3, -0.25) is 0 Å². The number of ether oxygens (including phenoxy) is 1. The Morgan fingerprint density at radius 1 is 1.39 bits per heavy atom. The SMILES string of the molecule is CCC1(O)CC=C2C[C@@H]3[C@@H]4C=C[C@H](O)[C@@H]5OC1=C2[C@]45CCN3C. The number of nitrogens with zero attached hydrogens (tertiary/aromatic N) is 1. The van der Waals surface area contributed by atoms with Crippen molar-refractivity contribution in [1.29, 1.82) is 0 Å². The molecule has 1 unspecified atom stereocenters. The summed E-state index contributed by atoms with van der Waals surface area (Å²) in [5.41, 5.74) is 1.56. The molecule has 124 valence electrons. The first-order chi connectivity index (χ1) is 11.0. The first kappa shape index (κ1) is 14.3. The number of aliphatic hydroxyl groups excluding tert-OH is 1. The quantitative estimate of drug-likeness (QED) is 0.724. The van der Waals surface area contributed by atoms with Gasteiger partial charge >= 0.3 is 0 Å². The highest BCUT2D eigenvalue weighted by Crippen LogP contribution is 2.66. The summed E-state index contributed by atoms with van der Waals surface area (Å²) >= 11 is 0. The minimum atomic E-state index is -0.897. The largest absolute Gasteiger partial charge is 0.487 e. The van der Waals surface area contributed by atoms with Crippen molar-refractivity contribution in [3.63, 3.8) is 0 Å². The van der Waals surface area contributed by atoms with Crippen molar-refractivity contribution in [3.05, 3.63) is 35.1 Å². The third-order valence-electron chi connectivity index (χ3n) is 7.17. The average molecular weight is 315 g/mol. The highest BCUT2D eigenvalue weighted by molar-refractivity contribution is 5.54. The Morgan fingerprint density at radius 2 is 2.22 bits per heavy atom. The Bertz CT molecular complexity index is 666. The molecular formula is C19H25NO3. The van der Waals surface area contributed by atoms with E-state index in [9.17, 15) is 10.2 Å². The summed E-state index contributed by atoms with van der Waals surface area (Å²) in [7, 11) is 2.21. The second kappa shape index (κ2) is 4.29. The number of hydrogen-bond donors (Lipinski definition) is 2. The van der Waals surface area contributed by atoms with Crippen molar-refractivity contribution in [2.75, 3.05) is 13.6 Å². The standard InChI is InChI=1S/C19H25NO3/c1-3-18(22)7-6-11-10-13-12-4-5-14(21)16-19(12,8-9-20(13)2)15(11)17(18)23-16/h4-6,12-14,16,21-22H,3,7-10H2,1-2H3/t12-,13+,14-,16-,18?,19-/m0/s1. The van der Waals surface area contributed by atoms with Gasteiger partial charge in [0.2, 0.25) is 0 Å². The van der Waals surface area contributed by atoms with Gasteiger partial charge in [-0.25, -0.2) is 0 Å². The normalized spacial score (nSPS) is 50.5. The molecule has 23 heavy (non-hydrogen) atoms. The summed E-state index contributed by atoms with van der Waals surface area (Å²) in [5, 5.41) is 21.7. The van der Waals surface area contributed by atoms with Crippen molar-refractivity contribution in [2.24, 2.45) is 11.3 Å². The molecule has 4 heteroatoms. The zero-order valence-corrected chi connectivity index (χ0v) is 13.8. The maximum Gasteiger partial charge on any atom is 0.138 e. The molecule has 0 aromatic rings. The maximum atomic E-state index is 11.1. The van der Waals surface area contributed by atoms with Crippen LogP contribution in [0.1, 0.15) is 32.6 Å². The van der Waals surface area contributed by atoms with Crippen LogP contribution in [-0.4, -0.2) is 52.6 Å². The van der Waals surface area contributed by atoms with Gasteiger partial charge < -0.3 is 19.8 Å². The van der Waals surface area contributed by atoms with Crippen LogP contribution in [0.2, 0.25) is 0 Å². The van der Waals surface area contributed by atoms with E-state index in [1.54, 1.807) is 0 Å². The molecule has 2 N–H and O–H groups in total. The molecule has 3 aliphatic carbocycles. The van der Waals surface area contributed by atoms with E-state index in [2.05, 4.69) is 24.1 Å². The molecule has 1 saturated heterocycles. The fourth-order valence-electron chi connectivity index (χ4n) is 5.86. The number of aliphatic hydroxyl groups is 2. The van der Waals surface area contributed by atoms with Crippen LogP contribution < -0.4 is 0 Å². The molecule has 1 saturated carbocycles. The summed E-state index contributed by atoms with van der Waals surface area (Å²) in [5.74, 6) is 1.15. The topological polar surface area (TPSA) is 52.9 Å². The Labute approximate surface area is 137 Å². The van der Waals surface area contributed by atoms with E-state index in [0.29, 0.717) is 24.8 Å². The van der Waals surface area contributed by atoms with Crippen LogP contribution >= 0.6 is 0 Å². The zero-order chi connectivity index (χ0) is 16.0. The summed E-state index contributed by atoms with van der Waals surface area (Å²) in [6.45, 7) is 3.04. The second-order valence-electron chi connectivity index (χ2n) is 8.00. The first-order valence-electron chi connectivity index (χ1n) is 8.91. The molecule has 5 aliphatic rings. The predicted molar refractivity (Wildman–Crippen MR) is 86.6 cm³/mol. The van der Waals surface area contributed by atoms with Gasteiger partial charge in [0, 0.05) is 29.4 Å². The number of piperidine rings is 1. The van der Waals surface area contributed by atoms with Gasteiger partial charge in [-0.05, 0) is 38.4 Å². The molecule has 0 aromatic carbocycles. The van der Waals surface area contributed by atoms with E-state index >= 15 is 0 Å². The van der Waals surface area contributed by atoms with E-state index in [-0.39, 0.29) is 11.5 Å². The molecule has 1 spiro atoms. The van der Waals surface area contributed by atoms with E-state index in [1.807, 2.05) is 13.0 Å². The lowest BCUT2D eigenvalue weighted by molar-refractivity contribution is -0.102. The lowest BCUT2D eigenvalue weighted by Gasteiger charge is -2.58. The molecule has 6 atom stereocenters. The molecule has 4 nitrogen and oxygen atoms in total. The van der Waals surface area contributed by atoms with Gasteiger partial charge in [-0.2, -0.15) is 0 Å². The zero-order valence-electron chi connectivity index (χ0n) is 13.8. The van der Waals surface area contributed by atoms with Crippen molar-refractivity contribution in [2.45, 2.75) is 56.5 Å². The predicted octanol–water partition coefficient (Wildman–Crippen LogP) is 1.75. The van der Waals surface area contributed by atoms with Crippen molar-refractivity contribution >= 4 is 0 Å². The number of hydrogen-bond acceptors (Lipinski definition) is 4. The van der Waals surface area contributed by atoms with Crippen LogP contribution in [0.15, 0.2) is 35.1 Å². The van der Waals surface area contributed by atoms with Gasteiger partial charge in [0.25, 0.3) is 0 Å². The fourth-order valence-corrected chi connectivity index (χ4v) is 5.86. The Morgan fingerprint density at radius 3 is 3.00 bits per heavy atom. The Hall–Kier alpha value is -1.10. The average Bonchev–Trinajstić information content (AvgIpc) is 2.91. The Kier molecular flexibility index (Phi) is 2.66. The van der Waals surface area contributed by atoms with E-state index in [4.69, 9.17) is 4.74 Å². The van der Waals surface area contributed by atoms with Crippen LogP contribution in [0.4, 0.5) is 0 Å². The molecule has 0 amide bonds.